The first kappa shape index (κ1) is 25.3. The predicted octanol–water partition coefficient (Wildman–Crippen LogP) is 10.1. The lowest BCUT2D eigenvalue weighted by molar-refractivity contribution is 0.620. The van der Waals surface area contributed by atoms with Crippen LogP contribution < -0.4 is 0 Å². The van der Waals surface area contributed by atoms with Gasteiger partial charge in [-0.15, -0.1) is 0 Å². The molecule has 5 heteroatoms. The van der Waals surface area contributed by atoms with Gasteiger partial charge in [-0.25, -0.2) is 4.98 Å². The minimum atomic E-state index is 0.595. The fourth-order valence-corrected chi connectivity index (χ4v) is 6.11. The van der Waals surface area contributed by atoms with E-state index in [9.17, 15) is 0 Å². The van der Waals surface area contributed by atoms with Crippen molar-refractivity contribution in [1.29, 1.82) is 0 Å². The van der Waals surface area contributed by atoms with Gasteiger partial charge in [0.2, 0.25) is 5.89 Å². The highest BCUT2D eigenvalue weighted by atomic mass is 16.3. The van der Waals surface area contributed by atoms with Crippen molar-refractivity contribution in [3.05, 3.63) is 146 Å². The maximum atomic E-state index is 6.24. The van der Waals surface area contributed by atoms with E-state index in [-0.39, 0.29) is 0 Å². The molecule has 0 aliphatic carbocycles. The van der Waals surface area contributed by atoms with Crippen molar-refractivity contribution in [3.63, 3.8) is 0 Å². The predicted molar refractivity (Wildman–Crippen MR) is 182 cm³/mol. The smallest absolute Gasteiger partial charge is 0.227 e. The molecule has 0 saturated heterocycles. The molecule has 210 valence electrons. The second-order valence-electron chi connectivity index (χ2n) is 11.2. The van der Waals surface area contributed by atoms with E-state index in [0.717, 1.165) is 82.8 Å². The number of nitrogens with zero attached hydrogens (tertiary/aromatic N) is 4. The van der Waals surface area contributed by atoms with Crippen LogP contribution in [0.2, 0.25) is 0 Å². The van der Waals surface area contributed by atoms with Gasteiger partial charge in [0.15, 0.2) is 5.58 Å². The summed E-state index contributed by atoms with van der Waals surface area (Å²) in [6.45, 7) is 0. The Morgan fingerprint density at radius 2 is 1.09 bits per heavy atom. The lowest BCUT2D eigenvalue weighted by atomic mass is 9.93. The molecule has 5 aromatic carbocycles. The second-order valence-corrected chi connectivity index (χ2v) is 11.2. The number of pyridine rings is 3. The fraction of sp³-hybridized carbons (Fsp3) is 0. The van der Waals surface area contributed by atoms with Crippen LogP contribution in [0.3, 0.4) is 0 Å². The highest BCUT2D eigenvalue weighted by molar-refractivity contribution is 6.03. The van der Waals surface area contributed by atoms with Crippen molar-refractivity contribution in [2.24, 2.45) is 0 Å². The molecule has 0 spiro atoms. The largest absolute Gasteiger partial charge is 0.436 e. The molecule has 4 aromatic heterocycles. The molecule has 0 amide bonds. The van der Waals surface area contributed by atoms with Crippen LogP contribution in [-0.4, -0.2) is 19.9 Å². The number of hydrogen-bond donors (Lipinski definition) is 0. The van der Waals surface area contributed by atoms with E-state index in [2.05, 4.69) is 101 Å². The summed E-state index contributed by atoms with van der Waals surface area (Å²) in [5, 5.41) is 3.25. The molecule has 0 aliphatic rings. The third kappa shape index (κ3) is 4.50. The second kappa shape index (κ2) is 10.2. The lowest BCUT2D eigenvalue weighted by Crippen LogP contribution is -1.89. The first-order chi connectivity index (χ1) is 22.2. The molecule has 0 bridgehead atoms. The molecule has 0 aliphatic heterocycles. The van der Waals surface area contributed by atoms with Crippen LogP contribution in [0.5, 0.6) is 0 Å². The standard InChI is InChI=1S/C40H24N4O/c1-2-11-37-36(10-1)44-40(45-37)33-22-31(21-32(23-33)28-14-15-35-29(19-28)9-5-16-41-35)26-6-3-7-27(18-26)34-20-30-13-12-25-8-4-17-42-38(25)39(30)43-24-34/h1-24H. The van der Waals surface area contributed by atoms with Crippen molar-refractivity contribution >= 4 is 43.8 Å². The van der Waals surface area contributed by atoms with E-state index in [4.69, 9.17) is 14.4 Å². The van der Waals surface area contributed by atoms with Gasteiger partial charge in [0.1, 0.15) is 5.52 Å². The fourth-order valence-electron chi connectivity index (χ4n) is 6.11. The van der Waals surface area contributed by atoms with E-state index >= 15 is 0 Å². The van der Waals surface area contributed by atoms with Crippen molar-refractivity contribution in [2.75, 3.05) is 0 Å². The summed E-state index contributed by atoms with van der Waals surface area (Å²) in [4.78, 5) is 18.8. The highest BCUT2D eigenvalue weighted by Crippen LogP contribution is 2.36. The van der Waals surface area contributed by atoms with E-state index in [1.54, 1.807) is 0 Å². The quantitative estimate of drug-likeness (QED) is 0.195. The zero-order chi connectivity index (χ0) is 29.7. The molecule has 0 radical (unpaired) electrons. The van der Waals surface area contributed by atoms with Crippen LogP contribution >= 0.6 is 0 Å². The molecule has 9 rings (SSSR count). The molecule has 0 unspecified atom stereocenters. The van der Waals surface area contributed by atoms with E-state index in [0.29, 0.717) is 5.89 Å². The first-order valence-corrected chi connectivity index (χ1v) is 14.9. The minimum absolute atomic E-state index is 0.595. The molecular formula is C40H24N4O. The van der Waals surface area contributed by atoms with Crippen LogP contribution in [-0.2, 0) is 0 Å². The summed E-state index contributed by atoms with van der Waals surface area (Å²) < 4.78 is 6.24. The van der Waals surface area contributed by atoms with Crippen molar-refractivity contribution in [1.82, 2.24) is 19.9 Å². The number of para-hydroxylation sites is 2. The van der Waals surface area contributed by atoms with E-state index in [1.165, 1.54) is 0 Å². The molecule has 0 atom stereocenters. The Labute approximate surface area is 258 Å². The molecule has 45 heavy (non-hydrogen) atoms. The monoisotopic (exact) mass is 576 g/mol. The summed E-state index contributed by atoms with van der Waals surface area (Å²) in [5.74, 6) is 0.595. The van der Waals surface area contributed by atoms with Crippen LogP contribution in [0.15, 0.2) is 150 Å². The third-order valence-corrected chi connectivity index (χ3v) is 8.36. The Balaban J connectivity index is 1.19. The third-order valence-electron chi connectivity index (χ3n) is 8.36. The highest BCUT2D eigenvalue weighted by Gasteiger charge is 2.14. The topological polar surface area (TPSA) is 64.7 Å². The Morgan fingerprint density at radius 1 is 0.400 bits per heavy atom. The van der Waals surface area contributed by atoms with Gasteiger partial charge < -0.3 is 4.42 Å². The van der Waals surface area contributed by atoms with Gasteiger partial charge in [-0.3, -0.25) is 15.0 Å². The van der Waals surface area contributed by atoms with Crippen LogP contribution in [0, 0.1) is 0 Å². The maximum absolute atomic E-state index is 6.24. The molecule has 4 heterocycles. The average molecular weight is 577 g/mol. The first-order valence-electron chi connectivity index (χ1n) is 14.9. The van der Waals surface area contributed by atoms with Crippen LogP contribution in [0.25, 0.3) is 88.6 Å². The van der Waals surface area contributed by atoms with Gasteiger partial charge in [-0.05, 0) is 94.5 Å². The van der Waals surface area contributed by atoms with Gasteiger partial charge >= 0.3 is 0 Å². The van der Waals surface area contributed by atoms with Crippen molar-refractivity contribution < 1.29 is 4.42 Å². The van der Waals surface area contributed by atoms with Crippen LogP contribution in [0.1, 0.15) is 0 Å². The summed E-state index contributed by atoms with van der Waals surface area (Å²) in [5.41, 5.74) is 11.8. The Morgan fingerprint density at radius 3 is 1.98 bits per heavy atom. The van der Waals surface area contributed by atoms with Crippen molar-refractivity contribution in [3.8, 4) is 44.8 Å². The zero-order valence-corrected chi connectivity index (χ0v) is 24.1. The number of oxazole rings is 1. The number of aromatic nitrogens is 4. The molecular weight excluding hydrogens is 552 g/mol. The number of fused-ring (bicyclic) bond motifs is 5. The van der Waals surface area contributed by atoms with E-state index in [1.807, 2.05) is 55.0 Å². The Bertz CT molecular complexity index is 2540. The van der Waals surface area contributed by atoms with Crippen LogP contribution in [0.4, 0.5) is 0 Å². The van der Waals surface area contributed by atoms with E-state index < -0.39 is 0 Å². The molecule has 0 N–H and O–H groups in total. The number of rotatable bonds is 4. The lowest BCUT2D eigenvalue weighted by Gasteiger charge is -2.12. The Kier molecular flexibility index (Phi) is 5.74. The molecule has 9 aromatic rings. The number of hydrogen-bond acceptors (Lipinski definition) is 5. The SMILES string of the molecule is c1cc(-c2cc(-c3ccc4ncccc4c3)cc(-c3nc4ccccc4o3)c2)cc(-c2cnc3c(ccc4cccnc43)c2)c1. The molecule has 0 saturated carbocycles. The summed E-state index contributed by atoms with van der Waals surface area (Å²) in [6, 6.07) is 43.9. The minimum Gasteiger partial charge on any atom is -0.436 e. The maximum Gasteiger partial charge on any atom is 0.227 e. The Hall–Kier alpha value is -6.20. The van der Waals surface area contributed by atoms with Gasteiger partial charge in [-0.1, -0.05) is 60.7 Å². The normalized spacial score (nSPS) is 11.6. The van der Waals surface area contributed by atoms with Gasteiger partial charge in [0, 0.05) is 45.9 Å². The summed E-state index contributed by atoms with van der Waals surface area (Å²) >= 11 is 0. The van der Waals surface area contributed by atoms with Gasteiger partial charge in [-0.2, -0.15) is 0 Å². The zero-order valence-electron chi connectivity index (χ0n) is 24.1. The van der Waals surface area contributed by atoms with Gasteiger partial charge in [0.25, 0.3) is 0 Å². The average Bonchev–Trinajstić information content (AvgIpc) is 3.56. The van der Waals surface area contributed by atoms with Gasteiger partial charge in [0.05, 0.1) is 16.6 Å². The number of benzene rings is 5. The molecule has 5 nitrogen and oxygen atoms in total. The summed E-state index contributed by atoms with van der Waals surface area (Å²) in [7, 11) is 0. The van der Waals surface area contributed by atoms with Crippen molar-refractivity contribution in [2.45, 2.75) is 0 Å². The summed E-state index contributed by atoms with van der Waals surface area (Å²) in [6.07, 6.45) is 5.59. The molecule has 0 fully saturated rings.